The number of halogens is 2. The second-order valence-corrected chi connectivity index (χ2v) is 2.19. The van der Waals surface area contributed by atoms with Crippen LogP contribution in [0.2, 0.25) is 0 Å². The average Bonchev–Trinajstić information content (AvgIpc) is 2.34. The molecule has 1 aromatic rings. The second-order valence-electron chi connectivity index (χ2n) is 1.42. The molecule has 3 nitrogen and oxygen atoms in total. The Morgan fingerprint density at radius 2 is 2.30 bits per heavy atom. The van der Waals surface area contributed by atoms with E-state index in [4.69, 9.17) is 0 Å². The van der Waals surface area contributed by atoms with Crippen molar-refractivity contribution in [3.63, 3.8) is 0 Å². The SMILES string of the molecule is CSc1noc(C(F)F)n1. The molecule has 0 spiro atoms. The van der Waals surface area contributed by atoms with E-state index in [2.05, 4.69) is 14.7 Å². The van der Waals surface area contributed by atoms with Gasteiger partial charge in [0.2, 0.25) is 5.16 Å². The van der Waals surface area contributed by atoms with E-state index in [-0.39, 0.29) is 5.16 Å². The van der Waals surface area contributed by atoms with Gasteiger partial charge < -0.3 is 4.52 Å². The number of aromatic nitrogens is 2. The molecule has 0 aliphatic rings. The molecule has 0 unspecified atom stereocenters. The fourth-order valence-corrected chi connectivity index (χ4v) is 0.686. The molecule has 56 valence electrons. The lowest BCUT2D eigenvalue weighted by Gasteiger charge is -1.83. The van der Waals surface area contributed by atoms with Gasteiger partial charge in [-0.3, -0.25) is 0 Å². The Hall–Kier alpha value is -0.650. The minimum atomic E-state index is -2.67. The molecular weight excluding hydrogens is 162 g/mol. The number of hydrogen-bond donors (Lipinski definition) is 0. The summed E-state index contributed by atoms with van der Waals surface area (Å²) in [7, 11) is 0. The van der Waals surface area contributed by atoms with Crippen molar-refractivity contribution in [3.05, 3.63) is 5.89 Å². The maximum Gasteiger partial charge on any atom is 0.315 e. The van der Waals surface area contributed by atoms with E-state index in [0.29, 0.717) is 0 Å². The van der Waals surface area contributed by atoms with Gasteiger partial charge in [-0.05, 0) is 6.26 Å². The molecule has 0 fully saturated rings. The molecule has 0 aliphatic heterocycles. The molecule has 6 heteroatoms. The van der Waals surface area contributed by atoms with Gasteiger partial charge in [0, 0.05) is 0 Å². The maximum absolute atomic E-state index is 11.7. The van der Waals surface area contributed by atoms with Crippen LogP contribution in [-0.4, -0.2) is 16.4 Å². The summed E-state index contributed by atoms with van der Waals surface area (Å²) in [5, 5.41) is 3.48. The lowest BCUT2D eigenvalue weighted by Crippen LogP contribution is -1.81. The Morgan fingerprint density at radius 3 is 2.60 bits per heavy atom. The van der Waals surface area contributed by atoms with E-state index in [1.807, 2.05) is 0 Å². The smallest absolute Gasteiger partial charge is 0.315 e. The number of alkyl halides is 2. The molecule has 0 radical (unpaired) electrons. The second kappa shape index (κ2) is 2.96. The Labute approximate surface area is 59.8 Å². The molecule has 0 aliphatic carbocycles. The van der Waals surface area contributed by atoms with Crippen LogP contribution < -0.4 is 0 Å². The quantitative estimate of drug-likeness (QED) is 0.627. The Kier molecular flexibility index (Phi) is 2.21. The van der Waals surface area contributed by atoms with Gasteiger partial charge in [-0.2, -0.15) is 13.8 Å². The predicted molar refractivity (Wildman–Crippen MR) is 31.0 cm³/mol. The van der Waals surface area contributed by atoms with Crippen molar-refractivity contribution in [1.82, 2.24) is 10.1 Å². The highest BCUT2D eigenvalue weighted by Gasteiger charge is 2.15. The molecule has 0 N–H and O–H groups in total. The summed E-state index contributed by atoms with van der Waals surface area (Å²) in [4.78, 5) is 3.36. The number of thioether (sulfide) groups is 1. The monoisotopic (exact) mass is 166 g/mol. The van der Waals surface area contributed by atoms with Crippen LogP contribution in [-0.2, 0) is 0 Å². The zero-order chi connectivity index (χ0) is 7.56. The normalized spacial score (nSPS) is 10.8. The third kappa shape index (κ3) is 1.44. The van der Waals surface area contributed by atoms with Gasteiger partial charge in [0.1, 0.15) is 0 Å². The highest BCUT2D eigenvalue weighted by Crippen LogP contribution is 2.18. The first-order chi connectivity index (χ1) is 4.74. The average molecular weight is 166 g/mol. The summed E-state index contributed by atoms with van der Waals surface area (Å²) < 4.78 is 27.6. The van der Waals surface area contributed by atoms with Crippen molar-refractivity contribution >= 4 is 11.8 Å². The van der Waals surface area contributed by atoms with Crippen LogP contribution in [0, 0.1) is 0 Å². The van der Waals surface area contributed by atoms with Crippen molar-refractivity contribution in [1.29, 1.82) is 0 Å². The molecular formula is C4H4F2N2OS. The first-order valence-electron chi connectivity index (χ1n) is 2.40. The molecule has 1 heterocycles. The largest absolute Gasteiger partial charge is 0.332 e. The van der Waals surface area contributed by atoms with Crippen LogP contribution in [0.3, 0.4) is 0 Å². The fourth-order valence-electron chi connectivity index (χ4n) is 0.392. The zero-order valence-electron chi connectivity index (χ0n) is 5.04. The fraction of sp³-hybridized carbons (Fsp3) is 0.500. The van der Waals surface area contributed by atoms with Gasteiger partial charge in [0.25, 0.3) is 5.89 Å². The summed E-state index contributed by atoms with van der Waals surface area (Å²) in [6.07, 6.45) is -0.992. The van der Waals surface area contributed by atoms with Crippen LogP contribution >= 0.6 is 11.8 Å². The van der Waals surface area contributed by atoms with Crippen molar-refractivity contribution in [2.24, 2.45) is 0 Å². The molecule has 0 amide bonds. The van der Waals surface area contributed by atoms with Crippen LogP contribution in [0.5, 0.6) is 0 Å². The van der Waals surface area contributed by atoms with E-state index in [1.54, 1.807) is 6.26 Å². The van der Waals surface area contributed by atoms with Crippen LogP contribution in [0.25, 0.3) is 0 Å². The van der Waals surface area contributed by atoms with Gasteiger partial charge >= 0.3 is 6.43 Å². The third-order valence-corrected chi connectivity index (χ3v) is 1.32. The van der Waals surface area contributed by atoms with Gasteiger partial charge in [-0.1, -0.05) is 16.9 Å². The minimum Gasteiger partial charge on any atom is -0.332 e. The third-order valence-electron chi connectivity index (χ3n) is 0.792. The number of hydrogen-bond acceptors (Lipinski definition) is 4. The van der Waals surface area contributed by atoms with E-state index in [0.717, 1.165) is 11.8 Å². The Bertz CT molecular complexity index is 215. The number of nitrogens with zero attached hydrogens (tertiary/aromatic N) is 2. The molecule has 0 saturated carbocycles. The molecule has 1 aromatic heterocycles. The van der Waals surface area contributed by atoms with Crippen molar-refractivity contribution < 1.29 is 13.3 Å². The minimum absolute atomic E-state index is 0.232. The predicted octanol–water partition coefficient (Wildman–Crippen LogP) is 1.73. The molecule has 0 aromatic carbocycles. The summed E-state index contributed by atoms with van der Waals surface area (Å²) in [5.74, 6) is -0.621. The summed E-state index contributed by atoms with van der Waals surface area (Å²) >= 11 is 1.16. The summed E-state index contributed by atoms with van der Waals surface area (Å²) in [6, 6.07) is 0. The van der Waals surface area contributed by atoms with Gasteiger partial charge in [0.05, 0.1) is 0 Å². The first-order valence-corrected chi connectivity index (χ1v) is 3.62. The molecule has 0 saturated heterocycles. The molecule has 10 heavy (non-hydrogen) atoms. The topological polar surface area (TPSA) is 38.9 Å². The van der Waals surface area contributed by atoms with Crippen LogP contribution in [0.4, 0.5) is 8.78 Å². The standard InChI is InChI=1S/C4H4F2N2OS/c1-10-4-7-3(2(5)6)9-8-4/h2H,1H3. The van der Waals surface area contributed by atoms with Gasteiger partial charge in [-0.25, -0.2) is 0 Å². The Balaban J connectivity index is 2.78. The number of rotatable bonds is 2. The highest BCUT2D eigenvalue weighted by atomic mass is 32.2. The lowest BCUT2D eigenvalue weighted by molar-refractivity contribution is 0.106. The maximum atomic E-state index is 11.7. The van der Waals surface area contributed by atoms with Crippen molar-refractivity contribution in [2.75, 3.05) is 6.26 Å². The molecule has 0 bridgehead atoms. The van der Waals surface area contributed by atoms with Gasteiger partial charge in [-0.15, -0.1) is 0 Å². The van der Waals surface area contributed by atoms with Crippen LogP contribution in [0.1, 0.15) is 12.3 Å². The van der Waals surface area contributed by atoms with E-state index in [1.165, 1.54) is 0 Å². The zero-order valence-corrected chi connectivity index (χ0v) is 5.86. The van der Waals surface area contributed by atoms with E-state index < -0.39 is 12.3 Å². The summed E-state index contributed by atoms with van der Waals surface area (Å²) in [5.41, 5.74) is 0. The highest BCUT2D eigenvalue weighted by molar-refractivity contribution is 7.98. The van der Waals surface area contributed by atoms with E-state index >= 15 is 0 Å². The van der Waals surface area contributed by atoms with Gasteiger partial charge in [0.15, 0.2) is 0 Å². The molecule has 0 atom stereocenters. The molecule has 1 rings (SSSR count). The first kappa shape index (κ1) is 7.46. The van der Waals surface area contributed by atoms with Crippen LogP contribution in [0.15, 0.2) is 9.68 Å². The van der Waals surface area contributed by atoms with Crippen molar-refractivity contribution in [3.8, 4) is 0 Å². The van der Waals surface area contributed by atoms with Crippen molar-refractivity contribution in [2.45, 2.75) is 11.6 Å². The lowest BCUT2D eigenvalue weighted by atomic mass is 10.7. The summed E-state index contributed by atoms with van der Waals surface area (Å²) in [6.45, 7) is 0. The van der Waals surface area contributed by atoms with E-state index in [9.17, 15) is 8.78 Å². The Morgan fingerprint density at radius 1 is 1.60 bits per heavy atom.